The number of carbonyl (C=O) groups excluding carboxylic acids is 1. The smallest absolute Gasteiger partial charge is 0.240 e. The molecule has 0 bridgehead atoms. The lowest BCUT2D eigenvalue weighted by molar-refractivity contribution is -0.130. The predicted molar refractivity (Wildman–Crippen MR) is 85.8 cm³/mol. The number of methoxy groups -OCH3 is 1. The lowest BCUT2D eigenvalue weighted by Crippen LogP contribution is -2.24. The minimum atomic E-state index is -0.329. The molecule has 118 valence electrons. The highest BCUT2D eigenvalue weighted by Crippen LogP contribution is 2.33. The van der Waals surface area contributed by atoms with Crippen LogP contribution in [-0.2, 0) is 4.79 Å². The highest BCUT2D eigenvalue weighted by molar-refractivity contribution is 6.03. The van der Waals surface area contributed by atoms with E-state index in [1.165, 1.54) is 18.0 Å². The normalized spacial score (nSPS) is 17.1. The van der Waals surface area contributed by atoms with Crippen LogP contribution in [0.15, 0.2) is 53.6 Å². The number of benzene rings is 2. The minimum Gasteiger partial charge on any atom is -0.497 e. The van der Waals surface area contributed by atoms with Gasteiger partial charge in [0.15, 0.2) is 0 Å². The van der Waals surface area contributed by atoms with Crippen molar-refractivity contribution in [3.63, 3.8) is 0 Å². The molecular formula is C18H17FN2O2. The molecule has 1 aliphatic rings. The molecule has 0 aromatic heterocycles. The zero-order valence-electron chi connectivity index (χ0n) is 13.0. The molecule has 0 fully saturated rings. The Morgan fingerprint density at radius 3 is 2.52 bits per heavy atom. The molecule has 2 aromatic rings. The van der Waals surface area contributed by atoms with Crippen LogP contribution in [-0.4, -0.2) is 23.7 Å². The summed E-state index contributed by atoms with van der Waals surface area (Å²) in [4.78, 5) is 11.9. The van der Waals surface area contributed by atoms with E-state index < -0.39 is 0 Å². The minimum absolute atomic E-state index is 0.169. The van der Waals surface area contributed by atoms with E-state index in [4.69, 9.17) is 4.74 Å². The van der Waals surface area contributed by atoms with Crippen molar-refractivity contribution >= 4 is 11.6 Å². The number of ether oxygens (including phenoxy) is 1. The van der Waals surface area contributed by atoms with Crippen LogP contribution in [0, 0.1) is 5.82 Å². The Hall–Kier alpha value is -2.69. The summed E-state index contributed by atoms with van der Waals surface area (Å²) in [6.45, 7) is 1.46. The number of hydrogen-bond donors (Lipinski definition) is 0. The second kappa shape index (κ2) is 6.20. The number of carbonyl (C=O) groups is 1. The molecule has 1 amide bonds. The van der Waals surface area contributed by atoms with E-state index in [-0.39, 0.29) is 17.8 Å². The quantitative estimate of drug-likeness (QED) is 0.870. The van der Waals surface area contributed by atoms with Crippen molar-refractivity contribution < 1.29 is 13.9 Å². The average Bonchev–Trinajstić information content (AvgIpc) is 3.01. The van der Waals surface area contributed by atoms with E-state index in [2.05, 4.69) is 5.10 Å². The lowest BCUT2D eigenvalue weighted by Gasteiger charge is -2.20. The summed E-state index contributed by atoms with van der Waals surface area (Å²) in [6.07, 6.45) is 0.479. The maximum absolute atomic E-state index is 14.0. The fourth-order valence-electron chi connectivity index (χ4n) is 2.74. The molecule has 0 saturated heterocycles. The van der Waals surface area contributed by atoms with E-state index in [1.54, 1.807) is 25.3 Å². The number of amides is 1. The van der Waals surface area contributed by atoms with Crippen LogP contribution < -0.4 is 4.74 Å². The maximum Gasteiger partial charge on any atom is 0.240 e. The zero-order chi connectivity index (χ0) is 16.4. The molecule has 23 heavy (non-hydrogen) atoms. The van der Waals surface area contributed by atoms with Crippen LogP contribution >= 0.6 is 0 Å². The van der Waals surface area contributed by atoms with Crippen LogP contribution in [0.2, 0.25) is 0 Å². The fraction of sp³-hybridized carbons (Fsp3) is 0.222. The largest absolute Gasteiger partial charge is 0.497 e. The molecule has 1 aliphatic heterocycles. The molecule has 5 heteroatoms. The van der Waals surface area contributed by atoms with Crippen LogP contribution in [0.1, 0.15) is 30.5 Å². The second-order valence-electron chi connectivity index (χ2n) is 5.38. The average molecular weight is 312 g/mol. The third-order valence-corrected chi connectivity index (χ3v) is 3.92. The van der Waals surface area contributed by atoms with Gasteiger partial charge < -0.3 is 4.74 Å². The molecule has 0 unspecified atom stereocenters. The van der Waals surface area contributed by atoms with Gasteiger partial charge in [-0.3, -0.25) is 4.79 Å². The third-order valence-electron chi connectivity index (χ3n) is 3.92. The van der Waals surface area contributed by atoms with Crippen molar-refractivity contribution in [3.05, 3.63) is 65.5 Å². The summed E-state index contributed by atoms with van der Waals surface area (Å²) >= 11 is 0. The van der Waals surface area contributed by atoms with Gasteiger partial charge in [0.05, 0.1) is 18.9 Å². The van der Waals surface area contributed by atoms with Crippen molar-refractivity contribution in [1.82, 2.24) is 5.01 Å². The first kappa shape index (κ1) is 15.2. The molecule has 3 rings (SSSR count). The van der Waals surface area contributed by atoms with Gasteiger partial charge in [-0.2, -0.15) is 5.10 Å². The Morgan fingerprint density at radius 1 is 1.22 bits per heavy atom. The summed E-state index contributed by atoms with van der Waals surface area (Å²) in [5.74, 6) is 0.249. The second-order valence-corrected chi connectivity index (χ2v) is 5.38. The molecular weight excluding hydrogens is 295 g/mol. The topological polar surface area (TPSA) is 41.9 Å². The van der Waals surface area contributed by atoms with E-state index >= 15 is 0 Å². The van der Waals surface area contributed by atoms with E-state index in [0.29, 0.717) is 17.7 Å². The lowest BCUT2D eigenvalue weighted by atomic mass is 9.98. The van der Waals surface area contributed by atoms with E-state index in [1.807, 2.05) is 24.3 Å². The fourth-order valence-corrected chi connectivity index (χ4v) is 2.74. The summed E-state index contributed by atoms with van der Waals surface area (Å²) in [5.41, 5.74) is 1.96. The maximum atomic E-state index is 14.0. The van der Waals surface area contributed by atoms with E-state index in [0.717, 1.165) is 11.3 Å². The van der Waals surface area contributed by atoms with Gasteiger partial charge in [-0.15, -0.1) is 0 Å². The van der Waals surface area contributed by atoms with Crippen molar-refractivity contribution in [2.24, 2.45) is 5.10 Å². The molecule has 0 saturated carbocycles. The molecule has 0 N–H and O–H groups in total. The van der Waals surface area contributed by atoms with Gasteiger partial charge in [0.1, 0.15) is 11.6 Å². The molecule has 2 aromatic carbocycles. The van der Waals surface area contributed by atoms with E-state index in [9.17, 15) is 9.18 Å². The Morgan fingerprint density at radius 2 is 1.91 bits per heavy atom. The van der Waals surface area contributed by atoms with Gasteiger partial charge in [0.2, 0.25) is 5.91 Å². The Bertz CT molecular complexity index is 756. The summed E-state index contributed by atoms with van der Waals surface area (Å²) in [5, 5.41) is 5.77. The van der Waals surface area contributed by atoms with Gasteiger partial charge in [-0.25, -0.2) is 9.40 Å². The Kier molecular flexibility index (Phi) is 4.10. The summed E-state index contributed by atoms with van der Waals surface area (Å²) < 4.78 is 19.2. The highest BCUT2D eigenvalue weighted by atomic mass is 19.1. The van der Waals surface area contributed by atoms with Crippen LogP contribution in [0.3, 0.4) is 0 Å². The number of hydrogen-bond acceptors (Lipinski definition) is 3. The molecule has 1 atom stereocenters. The van der Waals surface area contributed by atoms with Gasteiger partial charge in [-0.1, -0.05) is 30.3 Å². The summed E-state index contributed by atoms with van der Waals surface area (Å²) in [7, 11) is 1.60. The monoisotopic (exact) mass is 312 g/mol. The molecule has 0 aliphatic carbocycles. The molecule has 1 heterocycles. The van der Waals surface area contributed by atoms with Crippen molar-refractivity contribution in [2.75, 3.05) is 7.11 Å². The number of halogens is 1. The number of hydrazone groups is 1. The van der Waals surface area contributed by atoms with Gasteiger partial charge in [0.25, 0.3) is 0 Å². The van der Waals surface area contributed by atoms with Crippen LogP contribution in [0.4, 0.5) is 4.39 Å². The highest BCUT2D eigenvalue weighted by Gasteiger charge is 2.32. The third kappa shape index (κ3) is 2.95. The molecule has 0 spiro atoms. The van der Waals surface area contributed by atoms with Crippen LogP contribution in [0.5, 0.6) is 5.75 Å². The SMILES string of the molecule is COc1ccc([C@@H]2CC(c3ccccc3F)=NN2C(C)=O)cc1. The van der Waals surface area contributed by atoms with Crippen molar-refractivity contribution in [2.45, 2.75) is 19.4 Å². The standard InChI is InChI=1S/C18H17FN2O2/c1-12(22)21-18(13-7-9-14(23-2)10-8-13)11-17(20-21)15-5-3-4-6-16(15)19/h3-10,18H,11H2,1-2H3/t18-/m0/s1. The Labute approximate surface area is 134 Å². The first-order valence-corrected chi connectivity index (χ1v) is 7.36. The van der Waals surface area contributed by atoms with Crippen molar-refractivity contribution in [3.8, 4) is 5.75 Å². The molecule has 4 nitrogen and oxygen atoms in total. The Balaban J connectivity index is 1.94. The van der Waals surface area contributed by atoms with Crippen LogP contribution in [0.25, 0.3) is 0 Å². The first-order chi connectivity index (χ1) is 11.1. The zero-order valence-corrected chi connectivity index (χ0v) is 13.0. The predicted octanol–water partition coefficient (Wildman–Crippen LogP) is 3.53. The van der Waals surface area contributed by atoms with Gasteiger partial charge in [-0.05, 0) is 23.8 Å². The van der Waals surface area contributed by atoms with Crippen molar-refractivity contribution in [1.29, 1.82) is 0 Å². The number of rotatable bonds is 3. The molecule has 0 radical (unpaired) electrons. The first-order valence-electron chi connectivity index (χ1n) is 7.36. The van der Waals surface area contributed by atoms with Gasteiger partial charge >= 0.3 is 0 Å². The summed E-state index contributed by atoms with van der Waals surface area (Å²) in [6, 6.07) is 13.7. The number of nitrogens with zero attached hydrogens (tertiary/aromatic N) is 2. The van der Waals surface area contributed by atoms with Gasteiger partial charge in [0, 0.05) is 18.9 Å².